The lowest BCUT2D eigenvalue weighted by atomic mass is 9.90. The van der Waals surface area contributed by atoms with Gasteiger partial charge >= 0.3 is 11.9 Å². The molecule has 6 heteroatoms. The van der Waals surface area contributed by atoms with Gasteiger partial charge < -0.3 is 14.8 Å². The minimum absolute atomic E-state index is 0.0175. The summed E-state index contributed by atoms with van der Waals surface area (Å²) in [7, 11) is 1.81. The van der Waals surface area contributed by atoms with E-state index in [0.29, 0.717) is 5.56 Å². The summed E-state index contributed by atoms with van der Waals surface area (Å²) in [5.41, 5.74) is 1.31. The number of rotatable bonds is 7. The van der Waals surface area contributed by atoms with E-state index in [-0.39, 0.29) is 25.0 Å². The summed E-state index contributed by atoms with van der Waals surface area (Å²) in [5.74, 6) is -3.30. The molecule has 0 radical (unpaired) electrons. The number of aromatic nitrogens is 1. The van der Waals surface area contributed by atoms with Crippen molar-refractivity contribution in [2.24, 2.45) is 13.0 Å². The molecule has 1 heterocycles. The highest BCUT2D eigenvalue weighted by Gasteiger charge is 2.26. The van der Waals surface area contributed by atoms with Gasteiger partial charge in [0.25, 0.3) is 0 Å². The molecule has 1 atom stereocenters. The fourth-order valence-corrected chi connectivity index (χ4v) is 2.59. The number of carbonyl (C=O) groups is 3. The van der Waals surface area contributed by atoms with Gasteiger partial charge in [-0.15, -0.1) is 0 Å². The number of hydrogen-bond donors (Lipinski definition) is 2. The van der Waals surface area contributed by atoms with Gasteiger partial charge in [-0.1, -0.05) is 18.2 Å². The highest BCUT2D eigenvalue weighted by atomic mass is 16.4. The number of carboxylic acids is 2. The summed E-state index contributed by atoms with van der Waals surface area (Å²) in [6.45, 7) is 0. The zero-order valence-corrected chi connectivity index (χ0v) is 12.2. The van der Waals surface area contributed by atoms with Gasteiger partial charge in [-0.25, -0.2) is 0 Å². The lowest BCUT2D eigenvalue weighted by molar-refractivity contribution is -0.140. The van der Waals surface area contributed by atoms with E-state index >= 15 is 0 Å². The molecule has 2 aromatic rings. The number of aryl methyl sites for hydroxylation is 1. The largest absolute Gasteiger partial charge is 0.481 e. The zero-order valence-electron chi connectivity index (χ0n) is 12.2. The van der Waals surface area contributed by atoms with E-state index in [0.717, 1.165) is 10.9 Å². The molecule has 2 rings (SSSR count). The van der Waals surface area contributed by atoms with Gasteiger partial charge in [-0.2, -0.15) is 0 Å². The van der Waals surface area contributed by atoms with Crippen LogP contribution < -0.4 is 0 Å². The Kier molecular flexibility index (Phi) is 4.60. The summed E-state index contributed by atoms with van der Waals surface area (Å²) in [5, 5.41) is 18.5. The van der Waals surface area contributed by atoms with E-state index in [4.69, 9.17) is 10.2 Å². The van der Waals surface area contributed by atoms with Crippen molar-refractivity contribution in [3.05, 3.63) is 36.0 Å². The lowest BCUT2D eigenvalue weighted by Crippen LogP contribution is -2.19. The molecule has 22 heavy (non-hydrogen) atoms. The topological polar surface area (TPSA) is 96.6 Å². The van der Waals surface area contributed by atoms with Crippen LogP contribution in [0.4, 0.5) is 0 Å². The Balaban J connectivity index is 2.35. The summed E-state index contributed by atoms with van der Waals surface area (Å²) in [6, 6.07) is 7.34. The molecule has 0 bridgehead atoms. The molecule has 0 aliphatic rings. The fourth-order valence-electron chi connectivity index (χ4n) is 2.59. The molecule has 0 amide bonds. The second-order valence-electron chi connectivity index (χ2n) is 5.26. The second kappa shape index (κ2) is 6.43. The summed E-state index contributed by atoms with van der Waals surface area (Å²) in [4.78, 5) is 34.3. The number of para-hydroxylation sites is 1. The number of aliphatic carboxylic acids is 2. The van der Waals surface area contributed by atoms with Gasteiger partial charge in [-0.3, -0.25) is 14.4 Å². The van der Waals surface area contributed by atoms with Crippen molar-refractivity contribution in [1.29, 1.82) is 0 Å². The number of benzene rings is 1. The Morgan fingerprint density at radius 3 is 2.45 bits per heavy atom. The number of nitrogens with zero attached hydrogens (tertiary/aromatic N) is 1. The maximum absolute atomic E-state index is 12.7. The molecule has 0 fully saturated rings. The van der Waals surface area contributed by atoms with E-state index in [1.807, 2.05) is 25.2 Å². The molecule has 6 nitrogen and oxygen atoms in total. The SMILES string of the molecule is Cn1cc(C(=O)[C@H](CCC(=O)O)CC(=O)O)c2ccccc21. The van der Waals surface area contributed by atoms with Crippen LogP contribution in [0.1, 0.15) is 29.6 Å². The van der Waals surface area contributed by atoms with Crippen molar-refractivity contribution in [1.82, 2.24) is 4.57 Å². The maximum atomic E-state index is 12.7. The molecular weight excluding hydrogens is 286 g/mol. The Labute approximate surface area is 127 Å². The first-order valence-electron chi connectivity index (χ1n) is 6.92. The molecule has 0 saturated heterocycles. The third-order valence-electron chi connectivity index (χ3n) is 3.66. The first-order valence-corrected chi connectivity index (χ1v) is 6.92. The highest BCUT2D eigenvalue weighted by molar-refractivity contribution is 6.09. The number of carboxylic acid groups (broad SMARTS) is 2. The van der Waals surface area contributed by atoms with Crippen LogP contribution >= 0.6 is 0 Å². The van der Waals surface area contributed by atoms with Crippen LogP contribution in [-0.2, 0) is 16.6 Å². The second-order valence-corrected chi connectivity index (χ2v) is 5.26. The standard InChI is InChI=1S/C16H17NO5/c1-17-9-12(11-4-2-3-5-13(11)17)16(22)10(8-15(20)21)6-7-14(18)19/h2-5,9-10H,6-8H2,1H3,(H,18,19)(H,20,21)/t10-/m1/s1. The minimum atomic E-state index is -1.11. The molecule has 116 valence electrons. The van der Waals surface area contributed by atoms with Gasteiger partial charge in [0, 0.05) is 42.0 Å². The van der Waals surface area contributed by atoms with E-state index in [1.54, 1.807) is 16.8 Å². The predicted octanol–water partition coefficient (Wildman–Crippen LogP) is 2.32. The highest BCUT2D eigenvalue weighted by Crippen LogP contribution is 2.26. The van der Waals surface area contributed by atoms with Crippen molar-refractivity contribution in [2.45, 2.75) is 19.3 Å². The van der Waals surface area contributed by atoms with E-state index in [2.05, 4.69) is 0 Å². The molecule has 0 saturated carbocycles. The van der Waals surface area contributed by atoms with Crippen LogP contribution in [0, 0.1) is 5.92 Å². The van der Waals surface area contributed by atoms with Crippen molar-refractivity contribution in [2.75, 3.05) is 0 Å². The third kappa shape index (κ3) is 3.33. The van der Waals surface area contributed by atoms with Gasteiger partial charge in [0.1, 0.15) is 0 Å². The smallest absolute Gasteiger partial charge is 0.304 e. The molecule has 1 aromatic carbocycles. The number of hydrogen-bond acceptors (Lipinski definition) is 3. The van der Waals surface area contributed by atoms with Gasteiger partial charge in [0.15, 0.2) is 5.78 Å². The fraction of sp³-hybridized carbons (Fsp3) is 0.312. The summed E-state index contributed by atoms with van der Waals surface area (Å²) >= 11 is 0. The summed E-state index contributed by atoms with van der Waals surface area (Å²) < 4.78 is 1.80. The van der Waals surface area contributed by atoms with E-state index in [9.17, 15) is 14.4 Å². The van der Waals surface area contributed by atoms with Crippen LogP contribution in [0.3, 0.4) is 0 Å². The van der Waals surface area contributed by atoms with Gasteiger partial charge in [0.05, 0.1) is 6.42 Å². The third-order valence-corrected chi connectivity index (χ3v) is 3.66. The molecule has 0 aliphatic heterocycles. The number of ketones is 1. The first-order chi connectivity index (χ1) is 10.4. The average molecular weight is 303 g/mol. The van der Waals surface area contributed by atoms with Crippen molar-refractivity contribution in [3.8, 4) is 0 Å². The van der Waals surface area contributed by atoms with Crippen LogP contribution in [0.15, 0.2) is 30.5 Å². The molecular formula is C16H17NO5. The van der Waals surface area contributed by atoms with E-state index in [1.165, 1.54) is 0 Å². The quantitative estimate of drug-likeness (QED) is 0.765. The monoisotopic (exact) mass is 303 g/mol. The molecule has 1 aromatic heterocycles. The normalized spacial score (nSPS) is 12.2. The first kappa shape index (κ1) is 15.8. The predicted molar refractivity (Wildman–Crippen MR) is 79.9 cm³/mol. The van der Waals surface area contributed by atoms with Crippen molar-refractivity contribution >= 4 is 28.6 Å². The average Bonchev–Trinajstić information content (AvgIpc) is 2.80. The van der Waals surface area contributed by atoms with Crippen LogP contribution in [-0.4, -0.2) is 32.5 Å². The van der Waals surface area contributed by atoms with Gasteiger partial charge in [0.2, 0.25) is 0 Å². The Bertz CT molecular complexity index is 731. The van der Waals surface area contributed by atoms with Crippen LogP contribution in [0.5, 0.6) is 0 Å². The van der Waals surface area contributed by atoms with Crippen LogP contribution in [0.25, 0.3) is 10.9 Å². The zero-order chi connectivity index (χ0) is 16.3. The number of carbonyl (C=O) groups excluding carboxylic acids is 1. The maximum Gasteiger partial charge on any atom is 0.304 e. The summed E-state index contributed by atoms with van der Waals surface area (Å²) in [6.07, 6.45) is 1.09. The van der Waals surface area contributed by atoms with Gasteiger partial charge in [-0.05, 0) is 12.5 Å². The molecule has 0 aliphatic carbocycles. The minimum Gasteiger partial charge on any atom is -0.481 e. The van der Waals surface area contributed by atoms with E-state index < -0.39 is 17.9 Å². The lowest BCUT2D eigenvalue weighted by Gasteiger charge is -2.12. The molecule has 2 N–H and O–H groups in total. The number of Topliss-reactive ketones (excluding diaryl/α,β-unsaturated/α-hetero) is 1. The molecule has 0 unspecified atom stereocenters. The van der Waals surface area contributed by atoms with Crippen LogP contribution in [0.2, 0.25) is 0 Å². The Morgan fingerprint density at radius 2 is 1.82 bits per heavy atom. The van der Waals surface area contributed by atoms with Crippen molar-refractivity contribution < 1.29 is 24.6 Å². The molecule has 0 spiro atoms. The Hall–Kier alpha value is -2.63. The Morgan fingerprint density at radius 1 is 1.14 bits per heavy atom. The number of fused-ring (bicyclic) bond motifs is 1. The van der Waals surface area contributed by atoms with Crippen molar-refractivity contribution in [3.63, 3.8) is 0 Å².